The standard InChI is InChI=1S/C8H9NO5S/c10-8(11)7-1-3-9(4-2-7)5-6-15(12,13)14/h1-4H,5-6H2,(H-,10,11,12,13,14)/p-1. The van der Waals surface area contributed by atoms with Crippen LogP contribution in [0, 0.1) is 0 Å². The first-order valence-corrected chi connectivity index (χ1v) is 5.60. The minimum Gasteiger partial charge on any atom is -0.748 e. The molecule has 0 fully saturated rings. The molecule has 7 heteroatoms. The van der Waals surface area contributed by atoms with Gasteiger partial charge < -0.3 is 14.5 Å². The molecule has 1 rings (SSSR count). The summed E-state index contributed by atoms with van der Waals surface area (Å²) in [4.78, 5) is 10.4. The number of pyridine rings is 1. The number of carboxylic acid groups (broad SMARTS) is 1. The first-order valence-electron chi connectivity index (χ1n) is 4.02. The lowest BCUT2D eigenvalue weighted by Crippen LogP contribution is -2.37. The predicted octanol–water partition coefficient (Wildman–Crippen LogP) is -2.12. The van der Waals surface area contributed by atoms with Gasteiger partial charge in [-0.15, -0.1) is 0 Å². The predicted molar refractivity (Wildman–Crippen MR) is 45.5 cm³/mol. The molecule has 1 heterocycles. The van der Waals surface area contributed by atoms with E-state index >= 15 is 0 Å². The minimum atomic E-state index is -4.25. The number of carbonyl (C=O) groups excluding carboxylic acids is 1. The highest BCUT2D eigenvalue weighted by Crippen LogP contribution is 1.92. The summed E-state index contributed by atoms with van der Waals surface area (Å²) in [5, 5.41) is 10.4. The summed E-state index contributed by atoms with van der Waals surface area (Å²) >= 11 is 0. The van der Waals surface area contributed by atoms with Gasteiger partial charge in [0.05, 0.1) is 11.7 Å². The number of aromatic carboxylic acids is 1. The van der Waals surface area contributed by atoms with Gasteiger partial charge in [-0.3, -0.25) is 0 Å². The van der Waals surface area contributed by atoms with Crippen LogP contribution in [0.3, 0.4) is 0 Å². The molecule has 0 saturated carbocycles. The smallest absolute Gasteiger partial charge is 0.169 e. The van der Waals surface area contributed by atoms with Crippen LogP contribution in [-0.4, -0.2) is 24.7 Å². The van der Waals surface area contributed by atoms with Gasteiger partial charge in [0, 0.05) is 17.7 Å². The Morgan fingerprint density at radius 3 is 2.27 bits per heavy atom. The Hall–Kier alpha value is -1.47. The van der Waals surface area contributed by atoms with Crippen LogP contribution in [-0.2, 0) is 16.7 Å². The largest absolute Gasteiger partial charge is 0.748 e. The SMILES string of the molecule is O=C([O-])c1cc[n+](CCS(=O)(=O)[O-])cc1. The Kier molecular flexibility index (Phi) is 3.38. The van der Waals surface area contributed by atoms with Crippen LogP contribution in [0.2, 0.25) is 0 Å². The molecule has 0 amide bonds. The second-order valence-electron chi connectivity index (χ2n) is 2.87. The molecule has 0 aliphatic carbocycles. The molecule has 1 aromatic heterocycles. The van der Waals surface area contributed by atoms with Crippen LogP contribution in [0.15, 0.2) is 24.5 Å². The number of carboxylic acids is 1. The quantitative estimate of drug-likeness (QED) is 0.435. The number of rotatable bonds is 4. The molecule has 0 unspecified atom stereocenters. The number of aromatic nitrogens is 1. The van der Waals surface area contributed by atoms with Gasteiger partial charge in [0.15, 0.2) is 18.9 Å². The molecule has 0 saturated heterocycles. The lowest BCUT2D eigenvalue weighted by atomic mass is 10.3. The van der Waals surface area contributed by atoms with Crippen molar-refractivity contribution in [2.24, 2.45) is 0 Å². The van der Waals surface area contributed by atoms with Gasteiger partial charge in [-0.25, -0.2) is 13.0 Å². The van der Waals surface area contributed by atoms with Crippen molar-refractivity contribution in [3.05, 3.63) is 30.1 Å². The molecule has 6 nitrogen and oxygen atoms in total. The average molecular weight is 230 g/mol. The van der Waals surface area contributed by atoms with Gasteiger partial charge >= 0.3 is 0 Å². The maximum absolute atomic E-state index is 10.4. The maximum Gasteiger partial charge on any atom is 0.169 e. The fraction of sp³-hybridized carbons (Fsp3) is 0.250. The van der Waals surface area contributed by atoms with E-state index in [9.17, 15) is 22.9 Å². The molecule has 0 aliphatic rings. The van der Waals surface area contributed by atoms with E-state index in [2.05, 4.69) is 0 Å². The van der Waals surface area contributed by atoms with E-state index in [1.165, 1.54) is 29.1 Å². The molecule has 0 aromatic carbocycles. The van der Waals surface area contributed by atoms with Gasteiger partial charge in [-0.2, -0.15) is 0 Å². The van der Waals surface area contributed by atoms with Crippen molar-refractivity contribution in [1.82, 2.24) is 0 Å². The van der Waals surface area contributed by atoms with Crippen molar-refractivity contribution in [1.29, 1.82) is 0 Å². The van der Waals surface area contributed by atoms with Crippen molar-refractivity contribution < 1.29 is 27.4 Å². The summed E-state index contributed by atoms with van der Waals surface area (Å²) in [6, 6.07) is 2.54. The Labute approximate surface area is 86.5 Å². The van der Waals surface area contributed by atoms with Crippen LogP contribution >= 0.6 is 0 Å². The molecule has 0 bridgehead atoms. The minimum absolute atomic E-state index is 0.000832. The van der Waals surface area contributed by atoms with E-state index in [4.69, 9.17) is 0 Å². The molecule has 0 atom stereocenters. The summed E-state index contributed by atoms with van der Waals surface area (Å²) in [5.74, 6) is -1.83. The lowest BCUT2D eigenvalue weighted by Gasteiger charge is -2.04. The van der Waals surface area contributed by atoms with E-state index in [0.717, 1.165) is 0 Å². The molecule has 0 aliphatic heterocycles. The zero-order valence-corrected chi connectivity index (χ0v) is 8.44. The van der Waals surface area contributed by atoms with Gasteiger partial charge in [0.2, 0.25) is 0 Å². The molecular weight excluding hydrogens is 222 g/mol. The molecule has 82 valence electrons. The van der Waals surface area contributed by atoms with Crippen LogP contribution in [0.4, 0.5) is 0 Å². The third kappa shape index (κ3) is 4.05. The Bertz CT molecular complexity index is 450. The normalized spacial score (nSPS) is 11.3. The topological polar surface area (TPSA) is 101 Å². The second-order valence-corrected chi connectivity index (χ2v) is 4.40. The Morgan fingerprint density at radius 1 is 1.33 bits per heavy atom. The number of nitrogens with zero attached hydrogens (tertiary/aromatic N) is 1. The third-order valence-corrected chi connectivity index (χ3v) is 2.41. The maximum atomic E-state index is 10.4. The highest BCUT2D eigenvalue weighted by atomic mass is 32.2. The van der Waals surface area contributed by atoms with Gasteiger partial charge in [0.25, 0.3) is 0 Å². The highest BCUT2D eigenvalue weighted by Gasteiger charge is 2.04. The van der Waals surface area contributed by atoms with Crippen molar-refractivity contribution in [2.75, 3.05) is 5.75 Å². The first kappa shape index (κ1) is 11.6. The van der Waals surface area contributed by atoms with E-state index in [-0.39, 0.29) is 12.1 Å². The molecular formula is C8H8NO5S-. The van der Waals surface area contributed by atoms with E-state index < -0.39 is 21.8 Å². The van der Waals surface area contributed by atoms with E-state index in [0.29, 0.717) is 0 Å². The molecule has 0 radical (unpaired) electrons. The van der Waals surface area contributed by atoms with Crippen molar-refractivity contribution in [2.45, 2.75) is 6.54 Å². The van der Waals surface area contributed by atoms with Gasteiger partial charge in [0.1, 0.15) is 10.1 Å². The van der Waals surface area contributed by atoms with Gasteiger partial charge in [-0.05, 0) is 0 Å². The molecule has 1 aromatic rings. The van der Waals surface area contributed by atoms with E-state index in [1.54, 1.807) is 0 Å². The van der Waals surface area contributed by atoms with Crippen molar-refractivity contribution in [3.8, 4) is 0 Å². The van der Waals surface area contributed by atoms with Crippen molar-refractivity contribution in [3.63, 3.8) is 0 Å². The van der Waals surface area contributed by atoms with Crippen LogP contribution in [0.5, 0.6) is 0 Å². The van der Waals surface area contributed by atoms with Crippen LogP contribution < -0.4 is 9.67 Å². The zero-order chi connectivity index (χ0) is 11.5. The Morgan fingerprint density at radius 2 is 1.87 bits per heavy atom. The average Bonchev–Trinajstić information content (AvgIpc) is 2.14. The molecule has 0 spiro atoms. The Balaban J connectivity index is 2.69. The first-order chi connectivity index (χ1) is 6.88. The summed E-state index contributed by atoms with van der Waals surface area (Å²) in [7, 11) is -4.25. The number of aryl methyl sites for hydroxylation is 1. The summed E-state index contributed by atoms with van der Waals surface area (Å²) in [5.41, 5.74) is -0.00349. The molecule has 0 N–H and O–H groups in total. The number of hydrogen-bond donors (Lipinski definition) is 0. The van der Waals surface area contributed by atoms with E-state index in [1.807, 2.05) is 0 Å². The van der Waals surface area contributed by atoms with Gasteiger partial charge in [-0.1, -0.05) is 0 Å². The van der Waals surface area contributed by atoms with Crippen LogP contribution in [0.1, 0.15) is 10.4 Å². The lowest BCUT2D eigenvalue weighted by molar-refractivity contribution is -0.692. The highest BCUT2D eigenvalue weighted by molar-refractivity contribution is 7.85. The fourth-order valence-electron chi connectivity index (χ4n) is 0.960. The zero-order valence-electron chi connectivity index (χ0n) is 7.62. The fourth-order valence-corrected chi connectivity index (χ4v) is 1.39. The second kappa shape index (κ2) is 4.37. The number of hydrogen-bond acceptors (Lipinski definition) is 5. The summed E-state index contributed by atoms with van der Waals surface area (Å²) in [6.07, 6.45) is 2.74. The number of carbonyl (C=O) groups is 1. The summed E-state index contributed by atoms with van der Waals surface area (Å²) in [6.45, 7) is -0.000832. The van der Waals surface area contributed by atoms with Crippen LogP contribution in [0.25, 0.3) is 0 Å². The van der Waals surface area contributed by atoms with Crippen molar-refractivity contribution >= 4 is 16.1 Å². The summed E-state index contributed by atoms with van der Waals surface area (Å²) < 4.78 is 32.3. The molecule has 15 heavy (non-hydrogen) atoms. The third-order valence-electron chi connectivity index (χ3n) is 1.73. The monoisotopic (exact) mass is 230 g/mol.